The predicted octanol–water partition coefficient (Wildman–Crippen LogP) is 1.62. The fourth-order valence-corrected chi connectivity index (χ4v) is 1.10. The zero-order valence-corrected chi connectivity index (χ0v) is 5.62. The number of nitrogens with zero attached hydrogens (tertiary/aromatic N) is 2. The summed E-state index contributed by atoms with van der Waals surface area (Å²) in [4.78, 5) is 0. The molecule has 0 aliphatic heterocycles. The Labute approximate surface area is 60.4 Å². The first-order chi connectivity index (χ1) is 4.86. The second-order valence-electron chi connectivity index (χ2n) is 2.55. The fraction of sp³-hybridized carbons (Fsp3) is 0.500. The Morgan fingerprint density at radius 3 is 2.50 bits per heavy atom. The summed E-state index contributed by atoms with van der Waals surface area (Å²) in [5.41, 5.74) is 0. The van der Waals surface area contributed by atoms with Crippen LogP contribution < -0.4 is 0 Å². The molecule has 50 valence electrons. The van der Waals surface area contributed by atoms with Crippen LogP contribution in [0.15, 0.2) is 12.2 Å². The molecule has 0 heterocycles. The highest BCUT2D eigenvalue weighted by atomic mass is 14.4. The van der Waals surface area contributed by atoms with Crippen LogP contribution in [0.1, 0.15) is 12.8 Å². The summed E-state index contributed by atoms with van der Waals surface area (Å²) in [6, 6.07) is 4.13. The number of nitriles is 2. The van der Waals surface area contributed by atoms with Crippen molar-refractivity contribution in [1.29, 1.82) is 10.5 Å². The van der Waals surface area contributed by atoms with Gasteiger partial charge in [0.2, 0.25) is 0 Å². The molecule has 0 bridgehead atoms. The molecular weight excluding hydrogens is 124 g/mol. The monoisotopic (exact) mass is 132 g/mol. The Morgan fingerprint density at radius 2 is 2.00 bits per heavy atom. The third kappa shape index (κ3) is 1.36. The minimum Gasteiger partial charge on any atom is -0.198 e. The van der Waals surface area contributed by atoms with Gasteiger partial charge >= 0.3 is 0 Å². The van der Waals surface area contributed by atoms with E-state index in [4.69, 9.17) is 10.5 Å². The molecule has 2 heteroatoms. The van der Waals surface area contributed by atoms with Gasteiger partial charge < -0.3 is 0 Å². The maximum absolute atomic E-state index is 8.39. The van der Waals surface area contributed by atoms with Crippen LogP contribution >= 0.6 is 0 Å². The third-order valence-electron chi connectivity index (χ3n) is 1.80. The first-order valence-corrected chi connectivity index (χ1v) is 3.32. The predicted molar refractivity (Wildman–Crippen MR) is 36.6 cm³/mol. The molecule has 0 aromatic rings. The smallest absolute Gasteiger partial charge is 0.0908 e. The van der Waals surface area contributed by atoms with Crippen LogP contribution in [0.25, 0.3) is 0 Å². The van der Waals surface area contributed by atoms with Crippen LogP contribution in [0.4, 0.5) is 0 Å². The summed E-state index contributed by atoms with van der Waals surface area (Å²) in [7, 11) is 0. The van der Waals surface area contributed by atoms with Crippen molar-refractivity contribution in [3.8, 4) is 12.1 Å². The molecule has 0 atom stereocenters. The van der Waals surface area contributed by atoms with Gasteiger partial charge in [-0.15, -0.1) is 0 Å². The number of allylic oxidation sites excluding steroid dienone is 2. The van der Waals surface area contributed by atoms with Crippen molar-refractivity contribution >= 4 is 0 Å². The van der Waals surface area contributed by atoms with E-state index >= 15 is 0 Å². The highest BCUT2D eigenvalue weighted by Crippen LogP contribution is 2.33. The van der Waals surface area contributed by atoms with Crippen molar-refractivity contribution in [2.75, 3.05) is 0 Å². The lowest BCUT2D eigenvalue weighted by Crippen LogP contribution is -2.19. The van der Waals surface area contributed by atoms with Crippen LogP contribution in [0.2, 0.25) is 0 Å². The van der Waals surface area contributed by atoms with Gasteiger partial charge in [-0.25, -0.2) is 0 Å². The highest BCUT2D eigenvalue weighted by molar-refractivity contribution is 5.09. The first-order valence-electron chi connectivity index (χ1n) is 3.32. The summed E-state index contributed by atoms with van der Waals surface area (Å²) in [5.74, 6) is 0.734. The van der Waals surface area contributed by atoms with Crippen LogP contribution in [-0.4, -0.2) is 0 Å². The first kappa shape index (κ1) is 6.83. The number of hydrogen-bond acceptors (Lipinski definition) is 2. The molecule has 1 saturated carbocycles. The van der Waals surface area contributed by atoms with Gasteiger partial charge in [0, 0.05) is 12.0 Å². The molecule has 0 aromatic heterocycles. The van der Waals surface area contributed by atoms with Gasteiger partial charge in [0.15, 0.2) is 0 Å². The number of rotatable bonds is 1. The molecule has 0 unspecified atom stereocenters. The molecule has 0 N–H and O–H groups in total. The number of hydrogen-bond donors (Lipinski definition) is 0. The second kappa shape index (κ2) is 3.03. The Hall–Kier alpha value is -1.28. The van der Waals surface area contributed by atoms with Crippen LogP contribution in [0.5, 0.6) is 0 Å². The zero-order valence-electron chi connectivity index (χ0n) is 5.62. The Morgan fingerprint density at radius 1 is 1.30 bits per heavy atom. The van der Waals surface area contributed by atoms with Crippen LogP contribution in [0, 0.1) is 34.5 Å². The molecule has 0 radical (unpaired) electrons. The van der Waals surface area contributed by atoms with Crippen molar-refractivity contribution in [3.05, 3.63) is 12.2 Å². The van der Waals surface area contributed by atoms with Gasteiger partial charge in [-0.2, -0.15) is 10.5 Å². The SMILES string of the molecule is N#CC=CC1CC(C#N)C1. The second-order valence-corrected chi connectivity index (χ2v) is 2.55. The normalized spacial score (nSPS) is 30.6. The quantitative estimate of drug-likeness (QED) is 0.509. The molecule has 1 aliphatic rings. The molecule has 1 rings (SSSR count). The van der Waals surface area contributed by atoms with Crippen LogP contribution in [-0.2, 0) is 0 Å². The summed E-state index contributed by atoms with van der Waals surface area (Å²) in [6.07, 6.45) is 5.26. The molecule has 1 fully saturated rings. The largest absolute Gasteiger partial charge is 0.198 e. The average molecular weight is 132 g/mol. The van der Waals surface area contributed by atoms with Gasteiger partial charge in [-0.05, 0) is 18.8 Å². The topological polar surface area (TPSA) is 47.6 Å². The van der Waals surface area contributed by atoms with Gasteiger partial charge in [0.05, 0.1) is 12.1 Å². The lowest BCUT2D eigenvalue weighted by atomic mass is 9.76. The molecule has 10 heavy (non-hydrogen) atoms. The zero-order chi connectivity index (χ0) is 7.40. The molecule has 0 saturated heterocycles. The lowest BCUT2D eigenvalue weighted by molar-refractivity contribution is 0.303. The maximum atomic E-state index is 8.39. The minimum atomic E-state index is 0.244. The van der Waals surface area contributed by atoms with E-state index in [2.05, 4.69) is 6.07 Å². The molecular formula is C8H8N2. The van der Waals surface area contributed by atoms with Crippen molar-refractivity contribution in [3.63, 3.8) is 0 Å². The van der Waals surface area contributed by atoms with E-state index in [0.717, 1.165) is 12.8 Å². The van der Waals surface area contributed by atoms with Crippen molar-refractivity contribution in [2.45, 2.75) is 12.8 Å². The molecule has 2 nitrogen and oxygen atoms in total. The Balaban J connectivity index is 2.23. The van der Waals surface area contributed by atoms with Gasteiger partial charge in [0.1, 0.15) is 0 Å². The Kier molecular flexibility index (Phi) is 2.07. The van der Waals surface area contributed by atoms with E-state index < -0.39 is 0 Å². The maximum Gasteiger partial charge on any atom is 0.0908 e. The molecule has 0 spiro atoms. The van der Waals surface area contributed by atoms with E-state index in [0.29, 0.717) is 5.92 Å². The highest BCUT2D eigenvalue weighted by Gasteiger charge is 2.26. The lowest BCUT2D eigenvalue weighted by Gasteiger charge is -2.27. The van der Waals surface area contributed by atoms with Crippen molar-refractivity contribution in [2.24, 2.45) is 11.8 Å². The summed E-state index contributed by atoms with van der Waals surface area (Å²) in [5, 5.41) is 16.5. The van der Waals surface area contributed by atoms with Crippen molar-refractivity contribution in [1.82, 2.24) is 0 Å². The van der Waals surface area contributed by atoms with E-state index in [-0.39, 0.29) is 5.92 Å². The minimum absolute atomic E-state index is 0.244. The average Bonchev–Trinajstić information content (AvgIpc) is 1.86. The standard InChI is InChI=1S/C8H8N2/c9-3-1-2-7-4-8(5-7)6-10/h1-2,7-8H,4-5H2. The van der Waals surface area contributed by atoms with Gasteiger partial charge in [0.25, 0.3) is 0 Å². The van der Waals surface area contributed by atoms with Gasteiger partial charge in [-0.3, -0.25) is 0 Å². The summed E-state index contributed by atoms with van der Waals surface area (Å²) in [6.45, 7) is 0. The molecule has 1 aliphatic carbocycles. The van der Waals surface area contributed by atoms with Crippen molar-refractivity contribution < 1.29 is 0 Å². The summed E-state index contributed by atoms with van der Waals surface area (Å²) >= 11 is 0. The van der Waals surface area contributed by atoms with E-state index in [1.165, 1.54) is 6.08 Å². The van der Waals surface area contributed by atoms with Crippen LogP contribution in [0.3, 0.4) is 0 Å². The van der Waals surface area contributed by atoms with E-state index in [1.54, 1.807) is 0 Å². The van der Waals surface area contributed by atoms with Gasteiger partial charge in [-0.1, -0.05) is 6.08 Å². The van der Waals surface area contributed by atoms with E-state index in [9.17, 15) is 0 Å². The van der Waals surface area contributed by atoms with E-state index in [1.807, 2.05) is 12.1 Å². The Bertz CT molecular complexity index is 210. The molecule has 0 aromatic carbocycles. The fourth-order valence-electron chi connectivity index (χ4n) is 1.10. The molecule has 0 amide bonds. The summed E-state index contributed by atoms with van der Waals surface area (Å²) < 4.78 is 0. The third-order valence-corrected chi connectivity index (χ3v) is 1.80.